The fourth-order valence-corrected chi connectivity index (χ4v) is 1.91. The highest BCUT2D eigenvalue weighted by molar-refractivity contribution is 5.75. The lowest BCUT2D eigenvalue weighted by molar-refractivity contribution is 0.541. The molecule has 17 heavy (non-hydrogen) atoms. The quantitative estimate of drug-likeness (QED) is 0.737. The first-order valence-corrected chi connectivity index (χ1v) is 5.51. The number of aryl methyl sites for hydroxylation is 2. The molecule has 0 saturated heterocycles. The van der Waals surface area contributed by atoms with Crippen LogP contribution in [-0.4, -0.2) is 19.3 Å². The van der Waals surface area contributed by atoms with Gasteiger partial charge in [0.25, 0.3) is 0 Å². The van der Waals surface area contributed by atoms with Gasteiger partial charge in [-0.15, -0.1) is 0 Å². The van der Waals surface area contributed by atoms with Crippen molar-refractivity contribution in [2.24, 2.45) is 0 Å². The SMILES string of the molecule is Nc1cnn(CCn2ccc3cccnc32)c1. The fourth-order valence-electron chi connectivity index (χ4n) is 1.91. The van der Waals surface area contributed by atoms with Gasteiger partial charge in [0.15, 0.2) is 0 Å². The third-order valence-electron chi connectivity index (χ3n) is 2.75. The van der Waals surface area contributed by atoms with Crippen LogP contribution in [0.25, 0.3) is 11.0 Å². The van der Waals surface area contributed by atoms with E-state index >= 15 is 0 Å². The summed E-state index contributed by atoms with van der Waals surface area (Å²) in [5.74, 6) is 0. The standard InChI is InChI=1S/C12H13N5/c13-11-8-15-17(9-11)7-6-16-5-3-10-2-1-4-14-12(10)16/h1-5,8-9H,6-7,13H2. The van der Waals surface area contributed by atoms with E-state index < -0.39 is 0 Å². The zero-order chi connectivity index (χ0) is 11.7. The van der Waals surface area contributed by atoms with Crippen molar-refractivity contribution in [1.82, 2.24) is 19.3 Å². The molecule has 0 aliphatic rings. The maximum Gasteiger partial charge on any atom is 0.139 e. The van der Waals surface area contributed by atoms with E-state index in [2.05, 4.69) is 26.8 Å². The van der Waals surface area contributed by atoms with E-state index in [1.165, 1.54) is 0 Å². The highest BCUT2D eigenvalue weighted by Crippen LogP contribution is 2.12. The molecule has 3 aromatic heterocycles. The predicted molar refractivity (Wildman–Crippen MR) is 66.4 cm³/mol. The summed E-state index contributed by atoms with van der Waals surface area (Å²) in [4.78, 5) is 4.37. The molecule has 0 radical (unpaired) electrons. The molecule has 0 aliphatic carbocycles. The van der Waals surface area contributed by atoms with E-state index in [9.17, 15) is 0 Å². The molecule has 0 saturated carbocycles. The normalized spacial score (nSPS) is 11.1. The third-order valence-corrected chi connectivity index (χ3v) is 2.75. The molecule has 2 N–H and O–H groups in total. The van der Waals surface area contributed by atoms with Gasteiger partial charge in [-0.1, -0.05) is 0 Å². The van der Waals surface area contributed by atoms with E-state index in [4.69, 9.17) is 5.73 Å². The average Bonchev–Trinajstić information content (AvgIpc) is 2.93. The molecule has 5 nitrogen and oxygen atoms in total. The Bertz CT molecular complexity index is 637. The van der Waals surface area contributed by atoms with Gasteiger partial charge in [-0.25, -0.2) is 4.98 Å². The zero-order valence-electron chi connectivity index (χ0n) is 9.32. The Balaban J connectivity index is 1.81. The van der Waals surface area contributed by atoms with Crippen LogP contribution in [0.2, 0.25) is 0 Å². The lowest BCUT2D eigenvalue weighted by atomic mass is 10.3. The minimum Gasteiger partial charge on any atom is -0.396 e. The number of hydrogen-bond donors (Lipinski definition) is 1. The molecule has 0 unspecified atom stereocenters. The highest BCUT2D eigenvalue weighted by Gasteiger charge is 2.01. The molecule has 0 bridgehead atoms. The number of hydrogen-bond acceptors (Lipinski definition) is 3. The fraction of sp³-hybridized carbons (Fsp3) is 0.167. The van der Waals surface area contributed by atoms with Crippen LogP contribution in [0.4, 0.5) is 5.69 Å². The molecular formula is C12H13N5. The van der Waals surface area contributed by atoms with Crippen molar-refractivity contribution in [3.63, 3.8) is 0 Å². The van der Waals surface area contributed by atoms with Gasteiger partial charge in [-0.05, 0) is 18.2 Å². The first kappa shape index (κ1) is 9.89. The number of fused-ring (bicyclic) bond motifs is 1. The van der Waals surface area contributed by atoms with Gasteiger partial charge in [0.05, 0.1) is 18.4 Å². The van der Waals surface area contributed by atoms with Crippen LogP contribution >= 0.6 is 0 Å². The number of pyridine rings is 1. The Morgan fingerprint density at radius 2 is 2.18 bits per heavy atom. The first-order valence-electron chi connectivity index (χ1n) is 5.51. The monoisotopic (exact) mass is 227 g/mol. The summed E-state index contributed by atoms with van der Waals surface area (Å²) in [5.41, 5.74) is 7.32. The minimum absolute atomic E-state index is 0.695. The van der Waals surface area contributed by atoms with Crippen molar-refractivity contribution in [3.8, 4) is 0 Å². The van der Waals surface area contributed by atoms with E-state index in [1.54, 1.807) is 6.20 Å². The smallest absolute Gasteiger partial charge is 0.139 e. The van der Waals surface area contributed by atoms with Crippen molar-refractivity contribution in [2.45, 2.75) is 13.1 Å². The minimum atomic E-state index is 0.695. The number of nitrogens with zero attached hydrogens (tertiary/aromatic N) is 4. The van der Waals surface area contributed by atoms with E-state index in [-0.39, 0.29) is 0 Å². The van der Waals surface area contributed by atoms with E-state index in [0.717, 1.165) is 24.1 Å². The van der Waals surface area contributed by atoms with Crippen molar-refractivity contribution in [1.29, 1.82) is 0 Å². The summed E-state index contributed by atoms with van der Waals surface area (Å²) in [6.45, 7) is 1.62. The van der Waals surface area contributed by atoms with Crippen molar-refractivity contribution in [3.05, 3.63) is 43.0 Å². The second kappa shape index (κ2) is 3.93. The number of anilines is 1. The van der Waals surface area contributed by atoms with Crippen LogP contribution in [-0.2, 0) is 13.1 Å². The second-order valence-corrected chi connectivity index (χ2v) is 3.96. The van der Waals surface area contributed by atoms with Crippen LogP contribution in [0.3, 0.4) is 0 Å². The lowest BCUT2D eigenvalue weighted by Gasteiger charge is -2.04. The highest BCUT2D eigenvalue weighted by atomic mass is 15.3. The van der Waals surface area contributed by atoms with Crippen molar-refractivity contribution >= 4 is 16.7 Å². The Hall–Kier alpha value is -2.30. The number of rotatable bonds is 3. The van der Waals surface area contributed by atoms with E-state index in [1.807, 2.05) is 29.3 Å². The van der Waals surface area contributed by atoms with Crippen LogP contribution in [0.15, 0.2) is 43.0 Å². The summed E-state index contributed by atoms with van der Waals surface area (Å²) in [7, 11) is 0. The molecule has 0 spiro atoms. The van der Waals surface area contributed by atoms with Gasteiger partial charge < -0.3 is 10.3 Å². The Morgan fingerprint density at radius 1 is 1.24 bits per heavy atom. The topological polar surface area (TPSA) is 61.7 Å². The molecule has 5 heteroatoms. The van der Waals surface area contributed by atoms with Gasteiger partial charge in [0.2, 0.25) is 0 Å². The Kier molecular flexibility index (Phi) is 2.29. The molecule has 0 fully saturated rings. The summed E-state index contributed by atoms with van der Waals surface area (Å²) < 4.78 is 3.96. The first-order chi connectivity index (χ1) is 8.33. The summed E-state index contributed by atoms with van der Waals surface area (Å²) in [6.07, 6.45) is 7.35. The van der Waals surface area contributed by atoms with Crippen LogP contribution < -0.4 is 5.73 Å². The van der Waals surface area contributed by atoms with Gasteiger partial charge >= 0.3 is 0 Å². The van der Waals surface area contributed by atoms with Crippen LogP contribution in [0, 0.1) is 0 Å². The molecule has 3 rings (SSSR count). The van der Waals surface area contributed by atoms with Crippen molar-refractivity contribution in [2.75, 3.05) is 5.73 Å². The van der Waals surface area contributed by atoms with E-state index in [0.29, 0.717) is 5.69 Å². The number of nitrogens with two attached hydrogens (primary N) is 1. The third kappa shape index (κ3) is 1.87. The number of aromatic nitrogens is 4. The molecule has 0 atom stereocenters. The lowest BCUT2D eigenvalue weighted by Crippen LogP contribution is -2.07. The summed E-state index contributed by atoms with van der Waals surface area (Å²) in [5, 5.41) is 5.31. The zero-order valence-corrected chi connectivity index (χ0v) is 9.32. The number of nitrogen functional groups attached to an aromatic ring is 1. The predicted octanol–water partition coefficient (Wildman–Crippen LogP) is 1.52. The maximum atomic E-state index is 5.62. The van der Waals surface area contributed by atoms with Gasteiger partial charge in [0, 0.05) is 30.5 Å². The van der Waals surface area contributed by atoms with Gasteiger partial charge in [-0.3, -0.25) is 4.68 Å². The Labute approximate surface area is 98.5 Å². The molecule has 86 valence electrons. The summed E-state index contributed by atoms with van der Waals surface area (Å²) >= 11 is 0. The Morgan fingerprint density at radius 3 is 3.00 bits per heavy atom. The van der Waals surface area contributed by atoms with Crippen molar-refractivity contribution < 1.29 is 0 Å². The molecule has 0 aromatic carbocycles. The summed E-state index contributed by atoms with van der Waals surface area (Å²) in [6, 6.07) is 6.07. The largest absolute Gasteiger partial charge is 0.396 e. The second-order valence-electron chi connectivity index (χ2n) is 3.96. The van der Waals surface area contributed by atoms with Gasteiger partial charge in [-0.2, -0.15) is 5.10 Å². The van der Waals surface area contributed by atoms with Crippen LogP contribution in [0.1, 0.15) is 0 Å². The molecule has 0 amide bonds. The van der Waals surface area contributed by atoms with Crippen LogP contribution in [0.5, 0.6) is 0 Å². The van der Waals surface area contributed by atoms with Gasteiger partial charge in [0.1, 0.15) is 5.65 Å². The molecular weight excluding hydrogens is 214 g/mol. The maximum absolute atomic E-state index is 5.62. The molecule has 3 aromatic rings. The molecule has 3 heterocycles. The molecule has 0 aliphatic heterocycles. The average molecular weight is 227 g/mol.